The van der Waals surface area contributed by atoms with E-state index in [4.69, 9.17) is 11.6 Å². The Kier molecular flexibility index (Phi) is 6.49. The second kappa shape index (κ2) is 9.33. The van der Waals surface area contributed by atoms with Gasteiger partial charge in [0.1, 0.15) is 11.6 Å². The van der Waals surface area contributed by atoms with Gasteiger partial charge in [-0.1, -0.05) is 35.9 Å². The molecule has 0 radical (unpaired) electrons. The molecule has 4 aromatic rings. The Morgan fingerprint density at radius 2 is 1.79 bits per heavy atom. The highest BCUT2D eigenvalue weighted by Crippen LogP contribution is 2.36. The zero-order valence-corrected chi connectivity index (χ0v) is 19.1. The summed E-state index contributed by atoms with van der Waals surface area (Å²) in [5.41, 5.74) is 1.08. The van der Waals surface area contributed by atoms with Gasteiger partial charge in [-0.15, -0.1) is 0 Å². The summed E-state index contributed by atoms with van der Waals surface area (Å²) < 4.78 is 59.3. The Bertz CT molecular complexity index is 1360. The van der Waals surface area contributed by atoms with E-state index in [-0.39, 0.29) is 10.6 Å². The molecule has 33 heavy (non-hydrogen) atoms. The molecule has 0 spiro atoms. The third-order valence-electron chi connectivity index (χ3n) is 5.29. The fourth-order valence-corrected chi connectivity index (χ4v) is 5.47. The summed E-state index contributed by atoms with van der Waals surface area (Å²) in [6.45, 7) is 2.07. The Morgan fingerprint density at radius 1 is 1.06 bits per heavy atom. The molecule has 5 nitrogen and oxygen atoms in total. The molecule has 1 aromatic heterocycles. The summed E-state index contributed by atoms with van der Waals surface area (Å²) in [6, 6.07) is 14.7. The Balaban J connectivity index is 1.87. The molecular formula is C24H20ClF2N3O2S. The standard InChI is InChI=1S/C24H20ClF2N3O2S/c1-17(22-5-3-2-4-18(22)15-29-13-12-28-16-29)30(24-14-20(26)8-11-23(24)27)33(31,32)21-9-6-19(25)7-10-21/h2-14,16-17H,15H2,1H3. The molecule has 0 saturated heterocycles. The maximum absolute atomic E-state index is 14.9. The average molecular weight is 488 g/mol. The topological polar surface area (TPSA) is 55.2 Å². The number of hydrogen-bond acceptors (Lipinski definition) is 3. The van der Waals surface area contributed by atoms with E-state index in [9.17, 15) is 17.2 Å². The molecule has 1 unspecified atom stereocenters. The van der Waals surface area contributed by atoms with Crippen LogP contribution in [0.4, 0.5) is 14.5 Å². The summed E-state index contributed by atoms with van der Waals surface area (Å²) in [5.74, 6) is -1.60. The maximum Gasteiger partial charge on any atom is 0.264 e. The predicted octanol–water partition coefficient (Wildman–Crippen LogP) is 5.82. The van der Waals surface area contributed by atoms with E-state index >= 15 is 0 Å². The lowest BCUT2D eigenvalue weighted by Gasteiger charge is -2.32. The molecule has 9 heteroatoms. The third kappa shape index (κ3) is 4.77. The normalized spacial score (nSPS) is 12.5. The quantitative estimate of drug-likeness (QED) is 0.330. The van der Waals surface area contributed by atoms with E-state index in [1.165, 1.54) is 24.3 Å². The molecule has 3 aromatic carbocycles. The van der Waals surface area contributed by atoms with Crippen molar-refractivity contribution >= 4 is 27.3 Å². The van der Waals surface area contributed by atoms with Crippen LogP contribution < -0.4 is 4.31 Å². The van der Waals surface area contributed by atoms with Crippen molar-refractivity contribution in [3.8, 4) is 0 Å². The van der Waals surface area contributed by atoms with Gasteiger partial charge in [-0.3, -0.25) is 4.31 Å². The van der Waals surface area contributed by atoms with Crippen LogP contribution in [-0.4, -0.2) is 18.0 Å². The van der Waals surface area contributed by atoms with Gasteiger partial charge in [-0.25, -0.2) is 22.2 Å². The van der Waals surface area contributed by atoms with Gasteiger partial charge < -0.3 is 4.57 Å². The number of imidazole rings is 1. The molecule has 0 saturated carbocycles. The Morgan fingerprint density at radius 3 is 2.48 bits per heavy atom. The smallest absolute Gasteiger partial charge is 0.264 e. The molecule has 0 N–H and O–H groups in total. The fourth-order valence-electron chi connectivity index (χ4n) is 3.71. The first-order valence-electron chi connectivity index (χ1n) is 10.1. The van der Waals surface area contributed by atoms with Crippen LogP contribution in [0.1, 0.15) is 24.1 Å². The molecule has 0 aliphatic carbocycles. The van der Waals surface area contributed by atoms with Gasteiger partial charge in [-0.05, 0) is 54.4 Å². The predicted molar refractivity (Wildman–Crippen MR) is 124 cm³/mol. The first-order chi connectivity index (χ1) is 15.8. The monoisotopic (exact) mass is 487 g/mol. The number of rotatable bonds is 7. The summed E-state index contributed by atoms with van der Waals surface area (Å²) in [7, 11) is -4.29. The Labute approximate surface area is 195 Å². The number of benzene rings is 3. The zero-order chi connectivity index (χ0) is 23.6. The first kappa shape index (κ1) is 22.9. The van der Waals surface area contributed by atoms with Gasteiger partial charge in [0.2, 0.25) is 0 Å². The lowest BCUT2D eigenvalue weighted by Crippen LogP contribution is -2.35. The van der Waals surface area contributed by atoms with Crippen LogP contribution >= 0.6 is 11.6 Å². The van der Waals surface area contributed by atoms with E-state index in [2.05, 4.69) is 4.98 Å². The van der Waals surface area contributed by atoms with Gasteiger partial charge in [0, 0.05) is 30.0 Å². The average Bonchev–Trinajstić information content (AvgIpc) is 3.30. The van der Waals surface area contributed by atoms with Gasteiger partial charge in [-0.2, -0.15) is 0 Å². The molecule has 0 fully saturated rings. The number of anilines is 1. The summed E-state index contributed by atoms with van der Waals surface area (Å²) in [4.78, 5) is 3.95. The number of nitrogens with zero attached hydrogens (tertiary/aromatic N) is 3. The van der Waals surface area contributed by atoms with E-state index in [1.54, 1.807) is 37.8 Å². The van der Waals surface area contributed by atoms with Crippen molar-refractivity contribution in [2.45, 2.75) is 24.4 Å². The van der Waals surface area contributed by atoms with Gasteiger partial charge in [0.15, 0.2) is 0 Å². The molecule has 1 atom stereocenters. The van der Waals surface area contributed by atoms with Crippen molar-refractivity contribution in [2.24, 2.45) is 0 Å². The highest BCUT2D eigenvalue weighted by atomic mass is 35.5. The maximum atomic E-state index is 14.9. The molecule has 0 aliphatic rings. The van der Waals surface area contributed by atoms with Crippen LogP contribution in [0.3, 0.4) is 0 Å². The summed E-state index contributed by atoms with van der Waals surface area (Å²) in [5, 5.41) is 0.358. The van der Waals surface area contributed by atoms with Crippen LogP contribution in [0.15, 0.2) is 90.3 Å². The highest BCUT2D eigenvalue weighted by molar-refractivity contribution is 7.92. The van der Waals surface area contributed by atoms with Gasteiger partial charge >= 0.3 is 0 Å². The number of aromatic nitrogens is 2. The molecule has 1 heterocycles. The lowest BCUT2D eigenvalue weighted by atomic mass is 10.0. The summed E-state index contributed by atoms with van der Waals surface area (Å²) in [6.07, 6.45) is 5.08. The van der Waals surface area contributed by atoms with Crippen molar-refractivity contribution in [3.05, 3.63) is 113 Å². The SMILES string of the molecule is CC(c1ccccc1Cn1ccnc1)N(c1cc(F)ccc1F)S(=O)(=O)c1ccc(Cl)cc1. The zero-order valence-electron chi connectivity index (χ0n) is 17.6. The largest absolute Gasteiger partial charge is 0.333 e. The lowest BCUT2D eigenvalue weighted by molar-refractivity contribution is 0.569. The number of halogens is 3. The molecule has 0 amide bonds. The Hall–Kier alpha value is -3.23. The first-order valence-corrected chi connectivity index (χ1v) is 11.9. The minimum atomic E-state index is -4.29. The number of sulfonamides is 1. The van der Waals surface area contributed by atoms with Crippen LogP contribution in [0.5, 0.6) is 0 Å². The van der Waals surface area contributed by atoms with Crippen molar-refractivity contribution in [2.75, 3.05) is 4.31 Å². The summed E-state index contributed by atoms with van der Waals surface area (Å²) >= 11 is 5.93. The molecule has 0 aliphatic heterocycles. The van der Waals surface area contributed by atoms with E-state index in [1.807, 2.05) is 16.7 Å². The van der Waals surface area contributed by atoms with E-state index in [0.29, 0.717) is 17.1 Å². The van der Waals surface area contributed by atoms with Crippen LogP contribution in [-0.2, 0) is 16.6 Å². The second-order valence-corrected chi connectivity index (χ2v) is 9.71. The number of hydrogen-bond donors (Lipinski definition) is 0. The van der Waals surface area contributed by atoms with Gasteiger partial charge in [0.25, 0.3) is 10.0 Å². The third-order valence-corrected chi connectivity index (χ3v) is 7.44. The molecule has 4 rings (SSSR count). The van der Waals surface area contributed by atoms with Crippen LogP contribution in [0.25, 0.3) is 0 Å². The highest BCUT2D eigenvalue weighted by Gasteiger charge is 2.33. The van der Waals surface area contributed by atoms with Crippen molar-refractivity contribution in [1.82, 2.24) is 9.55 Å². The van der Waals surface area contributed by atoms with Crippen LogP contribution in [0.2, 0.25) is 5.02 Å². The van der Waals surface area contributed by atoms with E-state index < -0.39 is 27.7 Å². The van der Waals surface area contributed by atoms with Gasteiger partial charge in [0.05, 0.1) is 23.0 Å². The molecule has 0 bridgehead atoms. The van der Waals surface area contributed by atoms with Crippen molar-refractivity contribution in [3.63, 3.8) is 0 Å². The minimum absolute atomic E-state index is 0.0884. The van der Waals surface area contributed by atoms with Crippen molar-refractivity contribution < 1.29 is 17.2 Å². The van der Waals surface area contributed by atoms with Crippen molar-refractivity contribution in [1.29, 1.82) is 0 Å². The molecular weight excluding hydrogens is 468 g/mol. The van der Waals surface area contributed by atoms with Crippen LogP contribution in [0, 0.1) is 11.6 Å². The van der Waals surface area contributed by atoms with E-state index in [0.717, 1.165) is 28.1 Å². The molecule has 170 valence electrons. The minimum Gasteiger partial charge on any atom is -0.333 e. The fraction of sp³-hybridized carbons (Fsp3) is 0.125. The second-order valence-electron chi connectivity index (χ2n) is 7.46.